The van der Waals surface area contributed by atoms with Crippen molar-refractivity contribution in [1.29, 1.82) is 0 Å². The molecule has 0 spiro atoms. The van der Waals surface area contributed by atoms with E-state index in [1.54, 1.807) is 0 Å². The molecule has 0 fully saturated rings. The van der Waals surface area contributed by atoms with E-state index in [2.05, 4.69) is 182 Å². The SMILES string of the molecule is c1ccc([PH](C[PH](c2ccccc2)(c2ccccc2)c2ccccc2)(c2ccccc2)c2ccccc2)cc1. The quantitative estimate of drug-likeness (QED) is 0.196. The maximum absolute atomic E-state index is 2.55. The first-order chi connectivity index (χ1) is 19.3. The van der Waals surface area contributed by atoms with Crippen LogP contribution in [0.2, 0.25) is 0 Å². The molecule has 0 atom stereocenters. The van der Waals surface area contributed by atoms with Crippen molar-refractivity contribution >= 4 is 46.4 Å². The van der Waals surface area contributed by atoms with E-state index in [9.17, 15) is 0 Å². The zero-order valence-corrected chi connectivity index (χ0v) is 24.0. The Balaban J connectivity index is 1.76. The summed E-state index contributed by atoms with van der Waals surface area (Å²) in [6, 6.07) is 68.1. The standard InChI is InChI=1S/C37H34P2/c1-7-19-32(20-8-1)38(33-21-9-2-10-22-33,34-23-11-3-12-24-34)31-39(35-25-13-4-14-26-35,36-27-15-5-16-28-36)37-29-17-6-18-30-37/h1-30,38-39H,31H2. The normalized spacial score (nSPS) is 12.5. The Morgan fingerprint density at radius 1 is 0.231 bits per heavy atom. The number of hydrogen-bond acceptors (Lipinski definition) is 0. The maximum atomic E-state index is 2.38. The second-order valence-corrected chi connectivity index (χ2v) is 18.7. The summed E-state index contributed by atoms with van der Waals surface area (Å²) in [4.78, 5) is 0. The van der Waals surface area contributed by atoms with Crippen LogP contribution in [0.5, 0.6) is 0 Å². The molecule has 192 valence electrons. The van der Waals surface area contributed by atoms with Crippen LogP contribution in [0.15, 0.2) is 182 Å². The third kappa shape index (κ3) is 4.77. The van der Waals surface area contributed by atoms with Gasteiger partial charge in [0.25, 0.3) is 0 Å². The van der Waals surface area contributed by atoms with Gasteiger partial charge in [0.1, 0.15) is 0 Å². The average Bonchev–Trinajstić information content (AvgIpc) is 3.04. The molecule has 6 aromatic carbocycles. The summed E-state index contributed by atoms with van der Waals surface area (Å²) >= 11 is 0. The van der Waals surface area contributed by atoms with Crippen LogP contribution in [0.4, 0.5) is 0 Å². The fourth-order valence-corrected chi connectivity index (χ4v) is 21.0. The van der Waals surface area contributed by atoms with Gasteiger partial charge in [0, 0.05) is 0 Å². The van der Waals surface area contributed by atoms with Crippen LogP contribution < -0.4 is 31.8 Å². The third-order valence-electron chi connectivity index (χ3n) is 8.13. The van der Waals surface area contributed by atoms with Crippen molar-refractivity contribution in [3.63, 3.8) is 0 Å². The van der Waals surface area contributed by atoms with E-state index < -0.39 is 14.5 Å². The Morgan fingerprint density at radius 3 is 0.538 bits per heavy atom. The summed E-state index contributed by atoms with van der Waals surface area (Å²) < 4.78 is 0. The zero-order chi connectivity index (χ0) is 26.4. The van der Waals surface area contributed by atoms with Crippen LogP contribution in [0.25, 0.3) is 0 Å². The van der Waals surface area contributed by atoms with Gasteiger partial charge in [0.05, 0.1) is 0 Å². The molecule has 2 heteroatoms. The van der Waals surface area contributed by atoms with Gasteiger partial charge in [-0.05, 0) is 0 Å². The summed E-state index contributed by atoms with van der Waals surface area (Å²) in [7, 11) is -5.09. The molecule has 6 rings (SSSR count). The first-order valence-corrected chi connectivity index (χ1v) is 18.1. The molecule has 0 amide bonds. The summed E-state index contributed by atoms with van der Waals surface area (Å²) in [6.45, 7) is 0. The predicted molar refractivity (Wildman–Crippen MR) is 178 cm³/mol. The molecule has 0 aliphatic rings. The van der Waals surface area contributed by atoms with Crippen LogP contribution in [0.1, 0.15) is 0 Å². The molecule has 0 aliphatic heterocycles. The summed E-state index contributed by atoms with van der Waals surface area (Å²) in [6.07, 6.45) is 0. The first-order valence-electron chi connectivity index (χ1n) is 13.7. The van der Waals surface area contributed by atoms with E-state index in [1.165, 1.54) is 31.8 Å². The van der Waals surface area contributed by atoms with Crippen LogP contribution in [0, 0.1) is 0 Å². The first kappa shape index (κ1) is 25.5. The van der Waals surface area contributed by atoms with Gasteiger partial charge < -0.3 is 0 Å². The van der Waals surface area contributed by atoms with Crippen LogP contribution in [-0.2, 0) is 0 Å². The van der Waals surface area contributed by atoms with Crippen molar-refractivity contribution < 1.29 is 0 Å². The van der Waals surface area contributed by atoms with Crippen LogP contribution >= 0.6 is 14.5 Å². The molecule has 0 saturated carbocycles. The Hall–Kier alpha value is -3.82. The molecular weight excluding hydrogens is 506 g/mol. The van der Waals surface area contributed by atoms with Gasteiger partial charge >= 0.3 is 234 Å². The zero-order valence-electron chi connectivity index (χ0n) is 22.0. The monoisotopic (exact) mass is 540 g/mol. The van der Waals surface area contributed by atoms with Crippen molar-refractivity contribution in [1.82, 2.24) is 0 Å². The second-order valence-electron chi connectivity index (χ2n) is 10.2. The molecular formula is C37H34P2. The Kier molecular flexibility index (Phi) is 7.51. The molecule has 0 bridgehead atoms. The molecule has 0 heterocycles. The van der Waals surface area contributed by atoms with Crippen molar-refractivity contribution in [2.75, 3.05) is 5.90 Å². The van der Waals surface area contributed by atoms with Crippen molar-refractivity contribution in [3.05, 3.63) is 182 Å². The Morgan fingerprint density at radius 2 is 0.385 bits per heavy atom. The van der Waals surface area contributed by atoms with Crippen molar-refractivity contribution in [2.45, 2.75) is 0 Å². The fraction of sp³-hybridized carbons (Fsp3) is 0.0270. The molecule has 0 radical (unpaired) electrons. The second kappa shape index (κ2) is 11.5. The van der Waals surface area contributed by atoms with Crippen LogP contribution in [-0.4, -0.2) is 5.90 Å². The fourth-order valence-electron chi connectivity index (χ4n) is 6.35. The van der Waals surface area contributed by atoms with Crippen molar-refractivity contribution in [3.8, 4) is 0 Å². The van der Waals surface area contributed by atoms with E-state index in [0.29, 0.717) is 0 Å². The minimum atomic E-state index is -2.55. The summed E-state index contributed by atoms with van der Waals surface area (Å²) in [5, 5.41) is 8.76. The molecule has 0 aromatic heterocycles. The van der Waals surface area contributed by atoms with Gasteiger partial charge in [0.2, 0.25) is 0 Å². The van der Waals surface area contributed by atoms with Gasteiger partial charge in [-0.1, -0.05) is 0 Å². The van der Waals surface area contributed by atoms with Gasteiger partial charge in [-0.15, -0.1) is 0 Å². The van der Waals surface area contributed by atoms with Gasteiger partial charge in [-0.25, -0.2) is 0 Å². The summed E-state index contributed by atoms with van der Waals surface area (Å²) in [5.74, 6) is 1.09. The van der Waals surface area contributed by atoms with Gasteiger partial charge in [-0.3, -0.25) is 0 Å². The Labute approximate surface area is 233 Å². The molecule has 0 saturated heterocycles. The van der Waals surface area contributed by atoms with Crippen LogP contribution in [0.3, 0.4) is 0 Å². The average molecular weight is 541 g/mol. The molecule has 0 nitrogen and oxygen atoms in total. The van der Waals surface area contributed by atoms with E-state index in [1.807, 2.05) is 0 Å². The van der Waals surface area contributed by atoms with Crippen molar-refractivity contribution in [2.24, 2.45) is 0 Å². The van der Waals surface area contributed by atoms with Gasteiger partial charge in [-0.2, -0.15) is 0 Å². The minimum absolute atomic E-state index is 1.09. The number of benzene rings is 6. The predicted octanol–water partition coefficient (Wildman–Crippen LogP) is 6.40. The number of hydrogen-bond donors (Lipinski definition) is 0. The molecule has 39 heavy (non-hydrogen) atoms. The topological polar surface area (TPSA) is 0 Å². The molecule has 0 aliphatic carbocycles. The molecule has 6 aromatic rings. The Bertz CT molecular complexity index is 1270. The van der Waals surface area contributed by atoms with Gasteiger partial charge in [0.15, 0.2) is 0 Å². The van der Waals surface area contributed by atoms with E-state index >= 15 is 0 Å². The van der Waals surface area contributed by atoms with E-state index in [0.717, 1.165) is 5.90 Å². The van der Waals surface area contributed by atoms with E-state index in [4.69, 9.17) is 0 Å². The molecule has 0 unspecified atom stereocenters. The number of rotatable bonds is 8. The molecule has 0 N–H and O–H groups in total. The third-order valence-corrected chi connectivity index (χ3v) is 20.3. The van der Waals surface area contributed by atoms with E-state index in [-0.39, 0.29) is 0 Å². The summed E-state index contributed by atoms with van der Waals surface area (Å²) in [5.41, 5.74) is 0.